The van der Waals surface area contributed by atoms with Gasteiger partial charge in [0.05, 0.1) is 17.3 Å². The Morgan fingerprint density at radius 2 is 2.15 bits per heavy atom. The van der Waals surface area contributed by atoms with Gasteiger partial charge in [0.15, 0.2) is 0 Å². The van der Waals surface area contributed by atoms with Crippen molar-refractivity contribution >= 4 is 27.4 Å². The molecule has 2 aromatic heterocycles. The van der Waals surface area contributed by atoms with Crippen LogP contribution in [-0.4, -0.2) is 38.8 Å². The van der Waals surface area contributed by atoms with Crippen LogP contribution in [0.15, 0.2) is 30.5 Å². The van der Waals surface area contributed by atoms with Crippen LogP contribution in [0.1, 0.15) is 19.3 Å². The molecule has 26 heavy (non-hydrogen) atoms. The Kier molecular flexibility index (Phi) is 3.34. The van der Waals surface area contributed by atoms with Crippen LogP contribution in [0.5, 0.6) is 0 Å². The summed E-state index contributed by atoms with van der Waals surface area (Å²) in [4.78, 5) is 19.3. The molecule has 1 saturated heterocycles. The number of carbonyl (C=O) groups is 1. The van der Waals surface area contributed by atoms with Crippen molar-refractivity contribution in [3.63, 3.8) is 0 Å². The number of benzene rings is 1. The second-order valence-corrected chi connectivity index (χ2v) is 8.11. The van der Waals surface area contributed by atoms with Gasteiger partial charge in [0.1, 0.15) is 5.82 Å². The van der Waals surface area contributed by atoms with Gasteiger partial charge in [-0.2, -0.15) is 0 Å². The van der Waals surface area contributed by atoms with Gasteiger partial charge in [0.25, 0.3) is 0 Å². The highest BCUT2D eigenvalue weighted by Gasteiger charge is 2.55. The summed E-state index contributed by atoms with van der Waals surface area (Å²) in [6, 6.07) is 6.22. The number of halogens is 1. The normalized spacial score (nSPS) is 25.1. The van der Waals surface area contributed by atoms with Gasteiger partial charge in [-0.25, -0.2) is 13.9 Å². The molecule has 0 bridgehead atoms. The molecule has 2 aliphatic rings. The van der Waals surface area contributed by atoms with Crippen molar-refractivity contribution in [1.29, 1.82) is 0 Å². The SMILES string of the molecule is O=C(O)[C@@]12CCC[C@H]1CN(c1nn3cc(-c4ccc(F)cc4)nc3s1)C2. The molecule has 134 valence electrons. The third-order valence-electron chi connectivity index (χ3n) is 5.74. The molecule has 0 amide bonds. The molecule has 1 aliphatic heterocycles. The lowest BCUT2D eigenvalue weighted by atomic mass is 9.81. The van der Waals surface area contributed by atoms with Gasteiger partial charge in [0.2, 0.25) is 10.1 Å². The summed E-state index contributed by atoms with van der Waals surface area (Å²) in [5.41, 5.74) is 0.967. The van der Waals surface area contributed by atoms with Gasteiger partial charge in [-0.1, -0.05) is 17.8 Å². The minimum Gasteiger partial charge on any atom is -0.481 e. The summed E-state index contributed by atoms with van der Waals surface area (Å²) in [7, 11) is 0. The summed E-state index contributed by atoms with van der Waals surface area (Å²) in [5, 5.41) is 15.2. The lowest BCUT2D eigenvalue weighted by Gasteiger charge is -2.22. The molecule has 2 atom stereocenters. The number of aromatic nitrogens is 3. The first-order chi connectivity index (χ1) is 12.5. The van der Waals surface area contributed by atoms with Crippen molar-refractivity contribution < 1.29 is 14.3 Å². The maximum absolute atomic E-state index is 13.1. The predicted molar refractivity (Wildman–Crippen MR) is 95.9 cm³/mol. The molecule has 0 spiro atoms. The predicted octanol–water partition coefficient (Wildman–Crippen LogP) is 3.29. The maximum Gasteiger partial charge on any atom is 0.311 e. The summed E-state index contributed by atoms with van der Waals surface area (Å²) >= 11 is 1.46. The van der Waals surface area contributed by atoms with Crippen molar-refractivity contribution in [2.75, 3.05) is 18.0 Å². The van der Waals surface area contributed by atoms with E-state index in [2.05, 4.69) is 15.0 Å². The Labute approximate surface area is 152 Å². The Morgan fingerprint density at radius 3 is 2.85 bits per heavy atom. The van der Waals surface area contributed by atoms with Crippen LogP contribution in [0, 0.1) is 17.2 Å². The van der Waals surface area contributed by atoms with E-state index in [4.69, 9.17) is 0 Å². The van der Waals surface area contributed by atoms with Crippen LogP contribution in [0.25, 0.3) is 16.2 Å². The summed E-state index contributed by atoms with van der Waals surface area (Å²) < 4.78 is 14.8. The monoisotopic (exact) mass is 372 g/mol. The molecular formula is C18H17FN4O2S. The lowest BCUT2D eigenvalue weighted by Crippen LogP contribution is -2.35. The van der Waals surface area contributed by atoms with E-state index in [9.17, 15) is 14.3 Å². The van der Waals surface area contributed by atoms with Gasteiger partial charge in [-0.15, -0.1) is 5.10 Å². The molecule has 1 aromatic carbocycles. The average molecular weight is 372 g/mol. The Bertz CT molecular complexity index is 967. The Hall–Kier alpha value is -2.48. The van der Waals surface area contributed by atoms with Gasteiger partial charge >= 0.3 is 5.97 Å². The van der Waals surface area contributed by atoms with E-state index in [0.717, 1.165) is 47.2 Å². The second-order valence-electron chi connectivity index (χ2n) is 7.18. The fourth-order valence-corrected chi connectivity index (χ4v) is 5.25. The number of imidazole rings is 1. The summed E-state index contributed by atoms with van der Waals surface area (Å²) in [6.45, 7) is 1.27. The van der Waals surface area contributed by atoms with Gasteiger partial charge in [-0.05, 0) is 43.0 Å². The fourth-order valence-electron chi connectivity index (χ4n) is 4.36. The van der Waals surface area contributed by atoms with Crippen molar-refractivity contribution in [2.45, 2.75) is 19.3 Å². The molecule has 0 radical (unpaired) electrons. The Morgan fingerprint density at radius 1 is 1.35 bits per heavy atom. The maximum atomic E-state index is 13.1. The largest absolute Gasteiger partial charge is 0.481 e. The quantitative estimate of drug-likeness (QED) is 0.764. The van der Waals surface area contributed by atoms with E-state index in [0.29, 0.717) is 6.54 Å². The minimum atomic E-state index is -0.678. The molecule has 0 unspecified atom stereocenters. The number of fused-ring (bicyclic) bond motifs is 2. The molecule has 8 heteroatoms. The smallest absolute Gasteiger partial charge is 0.311 e. The zero-order valence-corrected chi connectivity index (χ0v) is 14.7. The molecule has 1 saturated carbocycles. The lowest BCUT2D eigenvalue weighted by molar-refractivity contribution is -0.149. The van der Waals surface area contributed by atoms with Crippen LogP contribution in [0.2, 0.25) is 0 Å². The third kappa shape index (κ3) is 2.25. The van der Waals surface area contributed by atoms with Crippen LogP contribution >= 0.6 is 11.3 Å². The van der Waals surface area contributed by atoms with Gasteiger partial charge in [-0.3, -0.25) is 4.79 Å². The third-order valence-corrected chi connectivity index (χ3v) is 6.72. The van der Waals surface area contributed by atoms with E-state index in [1.807, 2.05) is 6.20 Å². The molecule has 3 aromatic rings. The minimum absolute atomic E-state index is 0.200. The van der Waals surface area contributed by atoms with E-state index in [1.165, 1.54) is 23.5 Å². The number of aliphatic carboxylic acids is 1. The molecule has 5 rings (SSSR count). The van der Waals surface area contributed by atoms with Crippen LogP contribution in [0.4, 0.5) is 9.52 Å². The average Bonchev–Trinajstić information content (AvgIpc) is 3.32. The van der Waals surface area contributed by atoms with Crippen molar-refractivity contribution in [3.05, 3.63) is 36.3 Å². The zero-order valence-electron chi connectivity index (χ0n) is 13.9. The van der Waals surface area contributed by atoms with Crippen molar-refractivity contribution in [3.8, 4) is 11.3 Å². The van der Waals surface area contributed by atoms with Crippen molar-refractivity contribution in [2.24, 2.45) is 11.3 Å². The molecule has 1 aliphatic carbocycles. The second kappa shape index (κ2) is 5.51. The van der Waals surface area contributed by atoms with Crippen molar-refractivity contribution in [1.82, 2.24) is 14.6 Å². The summed E-state index contributed by atoms with van der Waals surface area (Å²) in [6.07, 6.45) is 4.54. The van der Waals surface area contributed by atoms with Gasteiger partial charge in [0, 0.05) is 18.7 Å². The molecule has 2 fully saturated rings. The van der Waals surface area contributed by atoms with E-state index in [1.54, 1.807) is 16.6 Å². The van der Waals surface area contributed by atoms with Crippen LogP contribution in [-0.2, 0) is 4.79 Å². The topological polar surface area (TPSA) is 70.7 Å². The molecular weight excluding hydrogens is 355 g/mol. The first-order valence-corrected chi connectivity index (χ1v) is 9.47. The highest BCUT2D eigenvalue weighted by atomic mass is 32.1. The molecule has 3 heterocycles. The number of carboxylic acids is 1. The number of hydrogen-bond acceptors (Lipinski definition) is 5. The number of rotatable bonds is 3. The Balaban J connectivity index is 1.44. The van der Waals surface area contributed by atoms with E-state index in [-0.39, 0.29) is 11.7 Å². The number of hydrogen-bond donors (Lipinski definition) is 1. The number of carboxylic acid groups (broad SMARTS) is 1. The zero-order chi connectivity index (χ0) is 17.9. The van der Waals surface area contributed by atoms with E-state index < -0.39 is 11.4 Å². The molecule has 6 nitrogen and oxygen atoms in total. The van der Waals surface area contributed by atoms with Crippen LogP contribution < -0.4 is 4.90 Å². The molecule has 1 N–H and O–H groups in total. The van der Waals surface area contributed by atoms with Gasteiger partial charge < -0.3 is 10.0 Å². The fraction of sp³-hybridized carbons (Fsp3) is 0.389. The number of nitrogens with zero attached hydrogens (tertiary/aromatic N) is 4. The highest BCUT2D eigenvalue weighted by Crippen LogP contribution is 2.50. The van der Waals surface area contributed by atoms with E-state index >= 15 is 0 Å². The first kappa shape index (κ1) is 15.7. The first-order valence-electron chi connectivity index (χ1n) is 8.66. The summed E-state index contributed by atoms with van der Waals surface area (Å²) in [5.74, 6) is -0.754. The highest BCUT2D eigenvalue weighted by molar-refractivity contribution is 7.20. The number of anilines is 1. The standard InChI is InChI=1S/C18H17FN4O2S/c19-13-5-3-11(4-6-13)14-9-23-16(20-14)26-17(21-23)22-8-12-2-1-7-18(12,10-22)15(24)25/h3-6,9,12H,1-2,7-8,10H2,(H,24,25)/t12-,18+/m0/s1. The van der Waals surface area contributed by atoms with Crippen LogP contribution in [0.3, 0.4) is 0 Å².